The van der Waals surface area contributed by atoms with Gasteiger partial charge in [-0.15, -0.1) is 0 Å². The van der Waals surface area contributed by atoms with E-state index in [0.717, 1.165) is 22.3 Å². The third kappa shape index (κ3) is 5.59. The van der Waals surface area contributed by atoms with Crippen molar-refractivity contribution in [1.82, 2.24) is 9.78 Å². The Morgan fingerprint density at radius 3 is 2.57 bits per heavy atom. The third-order valence-electron chi connectivity index (χ3n) is 6.79. The maximum absolute atomic E-state index is 13.0. The number of carbonyl (C=O) groups excluding carboxylic acids is 2. The van der Waals surface area contributed by atoms with Gasteiger partial charge in [-0.3, -0.25) is 4.79 Å². The molecule has 7 nitrogen and oxygen atoms in total. The molecule has 1 amide bonds. The molecule has 0 atom stereocenters. The fourth-order valence-corrected chi connectivity index (χ4v) is 6.21. The topological polar surface area (TPSA) is 86.4 Å². The summed E-state index contributed by atoms with van der Waals surface area (Å²) < 4.78 is 13.1. The van der Waals surface area contributed by atoms with Crippen molar-refractivity contribution in [1.29, 1.82) is 0 Å². The van der Waals surface area contributed by atoms with Gasteiger partial charge in [0.2, 0.25) is 5.76 Å². The Labute approximate surface area is 220 Å². The van der Waals surface area contributed by atoms with Gasteiger partial charge in [-0.05, 0) is 44.9 Å². The summed E-state index contributed by atoms with van der Waals surface area (Å²) in [6, 6.07) is 17.3. The summed E-state index contributed by atoms with van der Waals surface area (Å²) in [4.78, 5) is 25.8. The number of amides is 1. The predicted octanol–water partition coefficient (Wildman–Crippen LogP) is 6.60. The van der Waals surface area contributed by atoms with E-state index in [1.54, 1.807) is 4.68 Å². The fourth-order valence-electron chi connectivity index (χ4n) is 4.86. The van der Waals surface area contributed by atoms with Crippen LogP contribution in [-0.4, -0.2) is 33.5 Å². The predicted molar refractivity (Wildman–Crippen MR) is 146 cm³/mol. The van der Waals surface area contributed by atoms with Crippen LogP contribution in [0.5, 0.6) is 0 Å². The molecule has 1 saturated carbocycles. The first kappa shape index (κ1) is 25.1. The van der Waals surface area contributed by atoms with Gasteiger partial charge in [0, 0.05) is 22.0 Å². The monoisotopic (exact) mass is 517 g/mol. The molecule has 37 heavy (non-hydrogen) atoms. The lowest BCUT2D eigenvalue weighted by Gasteiger charge is -2.20. The van der Waals surface area contributed by atoms with Gasteiger partial charge in [-0.2, -0.15) is 16.9 Å². The van der Waals surface area contributed by atoms with E-state index in [-0.39, 0.29) is 5.76 Å². The van der Waals surface area contributed by atoms with Crippen LogP contribution < -0.4 is 5.32 Å². The second kappa shape index (κ2) is 11.3. The van der Waals surface area contributed by atoms with Crippen LogP contribution in [0.1, 0.15) is 59.6 Å². The minimum Gasteiger partial charge on any atom is -0.450 e. The van der Waals surface area contributed by atoms with Gasteiger partial charge < -0.3 is 14.5 Å². The molecule has 0 aliphatic heterocycles. The summed E-state index contributed by atoms with van der Waals surface area (Å²) in [5, 5.41) is 8.91. The zero-order valence-corrected chi connectivity index (χ0v) is 22.0. The maximum Gasteiger partial charge on any atom is 0.375 e. The summed E-state index contributed by atoms with van der Waals surface area (Å²) in [6.45, 7) is 3.30. The highest BCUT2D eigenvalue weighted by Gasteiger charge is 2.25. The van der Waals surface area contributed by atoms with E-state index in [1.165, 1.54) is 32.1 Å². The second-order valence-electron chi connectivity index (χ2n) is 9.39. The largest absolute Gasteiger partial charge is 0.450 e. The number of benzene rings is 2. The first-order valence-corrected chi connectivity index (χ1v) is 13.8. The number of furan rings is 1. The van der Waals surface area contributed by atoms with Crippen LogP contribution in [-0.2, 0) is 15.3 Å². The highest BCUT2D eigenvalue weighted by atomic mass is 32.2. The normalized spacial score (nSPS) is 14.1. The van der Waals surface area contributed by atoms with E-state index in [9.17, 15) is 9.59 Å². The van der Waals surface area contributed by atoms with E-state index in [2.05, 4.69) is 10.4 Å². The highest BCUT2D eigenvalue weighted by molar-refractivity contribution is 7.99. The van der Waals surface area contributed by atoms with Crippen LogP contribution in [0, 0.1) is 13.8 Å². The van der Waals surface area contributed by atoms with Crippen molar-refractivity contribution >= 4 is 40.3 Å². The van der Waals surface area contributed by atoms with Gasteiger partial charge in [0.05, 0.1) is 22.8 Å². The first-order valence-electron chi connectivity index (χ1n) is 12.7. The Hall–Kier alpha value is -3.52. The summed E-state index contributed by atoms with van der Waals surface area (Å²) in [5.74, 6) is -0.197. The van der Waals surface area contributed by atoms with Crippen LogP contribution in [0.2, 0.25) is 0 Å². The summed E-state index contributed by atoms with van der Waals surface area (Å²) >= 11 is 1.88. The third-order valence-corrected chi connectivity index (χ3v) is 8.19. The number of fused-ring (bicyclic) bond motifs is 1. The Kier molecular flexibility index (Phi) is 7.65. The molecule has 8 heteroatoms. The summed E-state index contributed by atoms with van der Waals surface area (Å²) in [6.07, 6.45) is 6.24. The minimum absolute atomic E-state index is 0.182. The number of hydrogen-bond donors (Lipinski definition) is 1. The van der Waals surface area contributed by atoms with Crippen molar-refractivity contribution in [2.75, 3.05) is 11.9 Å². The van der Waals surface area contributed by atoms with Crippen LogP contribution in [0.3, 0.4) is 0 Å². The number of esters is 1. The highest BCUT2D eigenvalue weighted by Crippen LogP contribution is 2.35. The molecule has 0 unspecified atom stereocenters. The second-order valence-corrected chi connectivity index (χ2v) is 10.7. The number of hydrogen-bond acceptors (Lipinski definition) is 6. The van der Waals surface area contributed by atoms with Crippen LogP contribution >= 0.6 is 11.8 Å². The van der Waals surface area contributed by atoms with Crippen LogP contribution in [0.25, 0.3) is 16.7 Å². The Bertz CT molecular complexity index is 1400. The molecule has 0 spiro atoms. The van der Waals surface area contributed by atoms with Crippen molar-refractivity contribution in [2.45, 2.75) is 57.0 Å². The van der Waals surface area contributed by atoms with Crippen molar-refractivity contribution in [3.63, 3.8) is 0 Å². The van der Waals surface area contributed by atoms with E-state index < -0.39 is 18.5 Å². The smallest absolute Gasteiger partial charge is 0.375 e. The molecule has 2 aromatic heterocycles. The van der Waals surface area contributed by atoms with Crippen molar-refractivity contribution in [3.8, 4) is 5.69 Å². The van der Waals surface area contributed by atoms with E-state index >= 15 is 0 Å². The van der Waals surface area contributed by atoms with Crippen molar-refractivity contribution in [3.05, 3.63) is 77.3 Å². The molecule has 4 aromatic rings. The Morgan fingerprint density at radius 1 is 1.05 bits per heavy atom. The quantitative estimate of drug-likeness (QED) is 0.265. The number of nitrogens with one attached hydrogen (secondary N) is 1. The van der Waals surface area contributed by atoms with Gasteiger partial charge in [0.15, 0.2) is 6.61 Å². The van der Waals surface area contributed by atoms with E-state index in [0.29, 0.717) is 28.0 Å². The molecule has 2 aromatic carbocycles. The van der Waals surface area contributed by atoms with Crippen LogP contribution in [0.15, 0.2) is 59.0 Å². The molecule has 2 heterocycles. The van der Waals surface area contributed by atoms with Gasteiger partial charge in [-0.25, -0.2) is 9.48 Å². The number of ether oxygens (including phenoxy) is 1. The molecule has 1 aliphatic rings. The first-order chi connectivity index (χ1) is 18.0. The van der Waals surface area contributed by atoms with Gasteiger partial charge in [0.25, 0.3) is 5.91 Å². The molecule has 0 radical (unpaired) electrons. The number of para-hydroxylation sites is 2. The standard InChI is InChI=1S/C29H31N3O4S/c1-19-27(20(2)32(31-19)21-11-5-3-6-12-21)30-26(33)17-35-29(34)28-24(18-37-22-13-7-4-8-14-22)23-15-9-10-16-25(23)36-28/h3,5-6,9-12,15-16,22H,4,7-8,13-14,17-18H2,1-2H3,(H,30,33). The number of carbonyl (C=O) groups is 2. The van der Waals surface area contributed by atoms with Gasteiger partial charge in [0.1, 0.15) is 5.58 Å². The molecule has 1 N–H and O–H groups in total. The van der Waals surface area contributed by atoms with Gasteiger partial charge in [-0.1, -0.05) is 55.7 Å². The van der Waals surface area contributed by atoms with Crippen LogP contribution in [0.4, 0.5) is 5.69 Å². The molecule has 1 aliphatic carbocycles. The average Bonchev–Trinajstić information content (AvgIpc) is 3.44. The van der Waals surface area contributed by atoms with Gasteiger partial charge >= 0.3 is 5.97 Å². The number of anilines is 1. The number of nitrogens with zero attached hydrogens (tertiary/aromatic N) is 2. The lowest BCUT2D eigenvalue weighted by molar-refractivity contribution is -0.119. The lowest BCUT2D eigenvalue weighted by atomic mass is 10.0. The molecule has 1 fully saturated rings. The Morgan fingerprint density at radius 2 is 1.78 bits per heavy atom. The number of aryl methyl sites for hydroxylation is 1. The zero-order valence-electron chi connectivity index (χ0n) is 21.2. The van der Waals surface area contributed by atoms with E-state index in [1.807, 2.05) is 80.2 Å². The minimum atomic E-state index is -0.626. The molecule has 5 rings (SSSR count). The lowest BCUT2D eigenvalue weighted by Crippen LogP contribution is -2.21. The summed E-state index contributed by atoms with van der Waals surface area (Å²) in [7, 11) is 0. The molecular weight excluding hydrogens is 486 g/mol. The zero-order chi connectivity index (χ0) is 25.8. The molecular formula is C29H31N3O4S. The maximum atomic E-state index is 13.0. The Balaban J connectivity index is 1.26. The average molecular weight is 518 g/mol. The van der Waals surface area contributed by atoms with E-state index in [4.69, 9.17) is 9.15 Å². The van der Waals surface area contributed by atoms with Crippen molar-refractivity contribution in [2.24, 2.45) is 0 Å². The summed E-state index contributed by atoms with van der Waals surface area (Å²) in [5.41, 5.74) is 4.48. The molecule has 0 saturated heterocycles. The number of rotatable bonds is 8. The molecule has 0 bridgehead atoms. The fraction of sp³-hybridized carbons (Fsp3) is 0.345. The SMILES string of the molecule is Cc1nn(-c2ccccc2)c(C)c1NC(=O)COC(=O)c1oc2ccccc2c1CSC1CCCCC1. The number of thioether (sulfide) groups is 1. The number of aromatic nitrogens is 2. The van der Waals surface area contributed by atoms with Crippen molar-refractivity contribution < 1.29 is 18.7 Å². The molecule has 192 valence electrons.